The lowest BCUT2D eigenvalue weighted by Crippen LogP contribution is -2.27. The van der Waals surface area contributed by atoms with E-state index in [-0.39, 0.29) is 0 Å². The van der Waals surface area contributed by atoms with Crippen LogP contribution in [0.25, 0.3) is 0 Å². The number of pyridine rings is 1. The summed E-state index contributed by atoms with van der Waals surface area (Å²) in [5.74, 6) is 1.21. The predicted molar refractivity (Wildman–Crippen MR) is 84.9 cm³/mol. The van der Waals surface area contributed by atoms with Crippen LogP contribution in [0.3, 0.4) is 0 Å². The van der Waals surface area contributed by atoms with Crippen LogP contribution in [0.4, 0.5) is 0 Å². The Morgan fingerprint density at radius 2 is 1.90 bits per heavy atom. The lowest BCUT2D eigenvalue weighted by molar-refractivity contribution is 0.291. The van der Waals surface area contributed by atoms with E-state index in [9.17, 15) is 0 Å². The zero-order valence-electron chi connectivity index (χ0n) is 11.9. The molecule has 1 aliphatic rings. The van der Waals surface area contributed by atoms with Gasteiger partial charge in [0, 0.05) is 28.3 Å². The highest BCUT2D eigenvalue weighted by molar-refractivity contribution is 6.31. The monoisotopic (exact) mass is 302 g/mol. The molecule has 0 aliphatic carbocycles. The van der Waals surface area contributed by atoms with E-state index >= 15 is 0 Å². The SMILES string of the molecule is Clc1ccccc1COc1cccc(C2CCNCC2)n1. The lowest BCUT2D eigenvalue weighted by atomic mass is 9.94. The van der Waals surface area contributed by atoms with Crippen molar-refractivity contribution in [3.8, 4) is 5.88 Å². The molecule has 1 aromatic carbocycles. The van der Waals surface area contributed by atoms with Gasteiger partial charge in [-0.3, -0.25) is 0 Å². The number of rotatable bonds is 4. The Kier molecular flexibility index (Phi) is 4.73. The van der Waals surface area contributed by atoms with Gasteiger partial charge in [0.1, 0.15) is 6.61 Å². The third kappa shape index (κ3) is 3.74. The molecule has 0 atom stereocenters. The van der Waals surface area contributed by atoms with Crippen LogP contribution in [-0.2, 0) is 6.61 Å². The molecule has 1 saturated heterocycles. The molecular weight excluding hydrogens is 284 g/mol. The van der Waals surface area contributed by atoms with Crippen LogP contribution >= 0.6 is 11.6 Å². The number of nitrogens with zero attached hydrogens (tertiary/aromatic N) is 1. The Morgan fingerprint density at radius 3 is 2.71 bits per heavy atom. The van der Waals surface area contributed by atoms with Crippen molar-refractivity contribution in [2.75, 3.05) is 13.1 Å². The normalized spacial score (nSPS) is 15.9. The van der Waals surface area contributed by atoms with Crippen LogP contribution < -0.4 is 10.1 Å². The van der Waals surface area contributed by atoms with E-state index in [2.05, 4.69) is 16.4 Å². The maximum atomic E-state index is 6.14. The fraction of sp³-hybridized carbons (Fsp3) is 0.353. The number of aromatic nitrogens is 1. The standard InChI is InChI=1S/C17H19ClN2O/c18-15-5-2-1-4-14(15)12-21-17-7-3-6-16(20-17)13-8-10-19-11-9-13/h1-7,13,19H,8-12H2. The second kappa shape index (κ2) is 6.92. The quantitative estimate of drug-likeness (QED) is 0.933. The number of ether oxygens (including phenoxy) is 1. The van der Waals surface area contributed by atoms with E-state index in [1.807, 2.05) is 36.4 Å². The van der Waals surface area contributed by atoms with Crippen molar-refractivity contribution in [2.24, 2.45) is 0 Å². The van der Waals surface area contributed by atoms with Crippen LogP contribution in [0, 0.1) is 0 Å². The fourth-order valence-electron chi connectivity index (χ4n) is 2.62. The van der Waals surface area contributed by atoms with Gasteiger partial charge >= 0.3 is 0 Å². The Bertz CT molecular complexity index is 597. The minimum absolute atomic E-state index is 0.447. The summed E-state index contributed by atoms with van der Waals surface area (Å²) in [5.41, 5.74) is 2.11. The number of halogens is 1. The molecule has 2 heterocycles. The van der Waals surface area contributed by atoms with Crippen molar-refractivity contribution in [3.05, 3.63) is 58.7 Å². The molecule has 1 aliphatic heterocycles. The Morgan fingerprint density at radius 1 is 1.10 bits per heavy atom. The summed E-state index contributed by atoms with van der Waals surface area (Å²) in [4.78, 5) is 4.65. The number of piperidine rings is 1. The van der Waals surface area contributed by atoms with Crippen LogP contribution in [0.2, 0.25) is 5.02 Å². The molecule has 1 fully saturated rings. The molecule has 2 aromatic rings. The summed E-state index contributed by atoms with van der Waals surface area (Å²) < 4.78 is 5.79. The first-order chi connectivity index (χ1) is 10.3. The third-order valence-electron chi connectivity index (χ3n) is 3.84. The molecule has 1 N–H and O–H groups in total. The first kappa shape index (κ1) is 14.4. The van der Waals surface area contributed by atoms with Gasteiger partial charge in [-0.15, -0.1) is 0 Å². The molecule has 0 spiro atoms. The molecule has 4 heteroatoms. The molecule has 0 unspecified atom stereocenters. The van der Waals surface area contributed by atoms with Crippen molar-refractivity contribution in [3.63, 3.8) is 0 Å². The smallest absolute Gasteiger partial charge is 0.213 e. The van der Waals surface area contributed by atoms with E-state index in [1.54, 1.807) is 0 Å². The highest BCUT2D eigenvalue weighted by Crippen LogP contribution is 2.25. The van der Waals surface area contributed by atoms with Gasteiger partial charge in [-0.1, -0.05) is 35.9 Å². The summed E-state index contributed by atoms with van der Waals surface area (Å²) in [5, 5.41) is 4.11. The number of nitrogens with one attached hydrogen (secondary N) is 1. The minimum atomic E-state index is 0.447. The van der Waals surface area contributed by atoms with Crippen LogP contribution in [-0.4, -0.2) is 18.1 Å². The Hall–Kier alpha value is -1.58. The van der Waals surface area contributed by atoms with E-state index < -0.39 is 0 Å². The van der Waals surface area contributed by atoms with Gasteiger partial charge in [0.15, 0.2) is 0 Å². The van der Waals surface area contributed by atoms with Crippen molar-refractivity contribution < 1.29 is 4.74 Å². The van der Waals surface area contributed by atoms with Crippen molar-refractivity contribution >= 4 is 11.6 Å². The van der Waals surface area contributed by atoms with Crippen molar-refractivity contribution in [1.29, 1.82) is 0 Å². The topological polar surface area (TPSA) is 34.1 Å². The number of hydrogen-bond donors (Lipinski definition) is 1. The van der Waals surface area contributed by atoms with Crippen molar-refractivity contribution in [1.82, 2.24) is 10.3 Å². The third-order valence-corrected chi connectivity index (χ3v) is 4.20. The van der Waals surface area contributed by atoms with E-state index in [0.717, 1.165) is 42.2 Å². The highest BCUT2D eigenvalue weighted by atomic mass is 35.5. The molecule has 0 amide bonds. The maximum absolute atomic E-state index is 6.14. The summed E-state index contributed by atoms with van der Waals surface area (Å²) >= 11 is 6.14. The average molecular weight is 303 g/mol. The van der Waals surface area contributed by atoms with Crippen LogP contribution in [0.5, 0.6) is 5.88 Å². The van der Waals surface area contributed by atoms with Gasteiger partial charge in [-0.05, 0) is 38.1 Å². The van der Waals surface area contributed by atoms with Gasteiger partial charge in [0.2, 0.25) is 5.88 Å². The first-order valence-corrected chi connectivity index (χ1v) is 7.74. The first-order valence-electron chi connectivity index (χ1n) is 7.37. The molecule has 3 rings (SSSR count). The molecular formula is C17H19ClN2O. The van der Waals surface area contributed by atoms with Gasteiger partial charge in [0.25, 0.3) is 0 Å². The number of hydrogen-bond acceptors (Lipinski definition) is 3. The maximum Gasteiger partial charge on any atom is 0.213 e. The number of benzene rings is 1. The fourth-order valence-corrected chi connectivity index (χ4v) is 2.81. The molecule has 0 bridgehead atoms. The van der Waals surface area contributed by atoms with Crippen LogP contribution in [0.15, 0.2) is 42.5 Å². The van der Waals surface area contributed by atoms with E-state index in [1.165, 1.54) is 0 Å². The summed E-state index contributed by atoms with van der Waals surface area (Å²) in [6.07, 6.45) is 2.28. The second-order valence-corrected chi connectivity index (χ2v) is 5.71. The Balaban J connectivity index is 1.67. The van der Waals surface area contributed by atoms with Gasteiger partial charge < -0.3 is 10.1 Å². The average Bonchev–Trinajstić information content (AvgIpc) is 2.55. The predicted octanol–water partition coefficient (Wildman–Crippen LogP) is 3.78. The van der Waals surface area contributed by atoms with Crippen LogP contribution in [0.1, 0.15) is 30.0 Å². The van der Waals surface area contributed by atoms with Gasteiger partial charge in [-0.2, -0.15) is 0 Å². The van der Waals surface area contributed by atoms with E-state index in [0.29, 0.717) is 18.4 Å². The van der Waals surface area contributed by atoms with Gasteiger partial charge in [-0.25, -0.2) is 4.98 Å². The van der Waals surface area contributed by atoms with Crippen molar-refractivity contribution in [2.45, 2.75) is 25.4 Å². The van der Waals surface area contributed by atoms with E-state index in [4.69, 9.17) is 16.3 Å². The zero-order chi connectivity index (χ0) is 14.5. The molecule has 0 radical (unpaired) electrons. The molecule has 0 saturated carbocycles. The largest absolute Gasteiger partial charge is 0.473 e. The highest BCUT2D eigenvalue weighted by Gasteiger charge is 2.16. The molecule has 3 nitrogen and oxygen atoms in total. The summed E-state index contributed by atoms with van der Waals surface area (Å²) in [6, 6.07) is 13.7. The minimum Gasteiger partial charge on any atom is -0.473 e. The lowest BCUT2D eigenvalue weighted by Gasteiger charge is -2.22. The Labute approximate surface area is 130 Å². The van der Waals surface area contributed by atoms with Gasteiger partial charge in [0.05, 0.1) is 0 Å². The molecule has 1 aromatic heterocycles. The zero-order valence-corrected chi connectivity index (χ0v) is 12.6. The molecule has 110 valence electrons. The molecule has 21 heavy (non-hydrogen) atoms. The second-order valence-electron chi connectivity index (χ2n) is 5.31. The summed E-state index contributed by atoms with van der Waals surface area (Å²) in [7, 11) is 0. The summed E-state index contributed by atoms with van der Waals surface area (Å²) in [6.45, 7) is 2.58.